The van der Waals surface area contributed by atoms with Crippen LogP contribution in [-0.4, -0.2) is 24.1 Å². The summed E-state index contributed by atoms with van der Waals surface area (Å²) in [7, 11) is 0. The Balaban J connectivity index is 1.47. The SMILES string of the molecule is O=[n+]1c2cn(Cc3ccc(-n4cccn4)cc3)c3c(c-2cn1-c1ccccc1F)C(O)CCC3. The number of halogens is 1. The van der Waals surface area contributed by atoms with E-state index in [1.165, 1.54) is 10.7 Å². The van der Waals surface area contributed by atoms with Gasteiger partial charge in [0.1, 0.15) is 5.69 Å². The summed E-state index contributed by atoms with van der Waals surface area (Å²) < 4.78 is 20.3. The minimum atomic E-state index is -0.669. The molecule has 0 bridgehead atoms. The molecular weight excluding hydrogens is 433 g/mol. The zero-order valence-corrected chi connectivity index (χ0v) is 18.4. The molecule has 0 fully saturated rings. The number of fused-ring (bicyclic) bond motifs is 3. The molecule has 34 heavy (non-hydrogen) atoms. The van der Waals surface area contributed by atoms with Crippen molar-refractivity contribution in [3.63, 3.8) is 0 Å². The van der Waals surface area contributed by atoms with E-state index in [2.05, 4.69) is 5.10 Å². The van der Waals surface area contributed by atoms with Gasteiger partial charge in [-0.2, -0.15) is 5.10 Å². The topological polar surface area (TPSA) is 70.9 Å². The molecule has 1 aliphatic carbocycles. The highest BCUT2D eigenvalue weighted by Crippen LogP contribution is 2.38. The van der Waals surface area contributed by atoms with E-state index in [9.17, 15) is 14.4 Å². The molecule has 0 saturated carbocycles. The van der Waals surface area contributed by atoms with Gasteiger partial charge in [0.05, 0.1) is 34.7 Å². The minimum absolute atomic E-state index is 0.175. The van der Waals surface area contributed by atoms with Crippen molar-refractivity contribution in [1.82, 2.24) is 19.0 Å². The molecule has 3 aliphatic rings. The lowest BCUT2D eigenvalue weighted by atomic mass is 9.88. The Bertz CT molecular complexity index is 1500. The molecule has 6 rings (SSSR count). The average Bonchev–Trinajstić information content (AvgIpc) is 3.49. The summed E-state index contributed by atoms with van der Waals surface area (Å²) >= 11 is 0. The van der Waals surface area contributed by atoms with Crippen LogP contribution in [0.5, 0.6) is 0 Å². The van der Waals surface area contributed by atoms with Gasteiger partial charge in [0.15, 0.2) is 10.4 Å². The molecule has 170 valence electrons. The molecule has 0 spiro atoms. The Kier molecular flexibility index (Phi) is 4.88. The van der Waals surface area contributed by atoms with Gasteiger partial charge in [-0.15, -0.1) is 0 Å². The number of benzene rings is 2. The lowest BCUT2D eigenvalue weighted by Gasteiger charge is -2.26. The zero-order chi connectivity index (χ0) is 23.2. The number of hydrogen-bond acceptors (Lipinski definition) is 3. The van der Waals surface area contributed by atoms with Gasteiger partial charge in [-0.25, -0.2) is 9.07 Å². The molecule has 7 nitrogen and oxygen atoms in total. The molecule has 3 heterocycles. The molecule has 0 radical (unpaired) electrons. The molecule has 1 aromatic heterocycles. The zero-order valence-electron chi connectivity index (χ0n) is 18.4. The second-order valence-corrected chi connectivity index (χ2v) is 8.64. The lowest BCUT2D eigenvalue weighted by molar-refractivity contribution is -0.569. The van der Waals surface area contributed by atoms with Crippen molar-refractivity contribution in [1.29, 1.82) is 0 Å². The average molecular weight is 457 g/mol. The van der Waals surface area contributed by atoms with Gasteiger partial charge in [0.2, 0.25) is 0 Å². The minimum Gasteiger partial charge on any atom is -0.388 e. The van der Waals surface area contributed by atoms with Crippen molar-refractivity contribution < 1.29 is 14.0 Å². The molecule has 2 aliphatic heterocycles. The van der Waals surface area contributed by atoms with Crippen molar-refractivity contribution in [2.45, 2.75) is 31.9 Å². The fraction of sp³-hybridized carbons (Fsp3) is 0.192. The second-order valence-electron chi connectivity index (χ2n) is 8.64. The van der Waals surface area contributed by atoms with Crippen LogP contribution in [0, 0.1) is 10.7 Å². The van der Waals surface area contributed by atoms with Crippen LogP contribution in [0.3, 0.4) is 0 Å². The lowest BCUT2D eigenvalue weighted by Crippen LogP contribution is -2.28. The van der Waals surface area contributed by atoms with Gasteiger partial charge in [0.25, 0.3) is 0 Å². The van der Waals surface area contributed by atoms with Crippen LogP contribution in [0.25, 0.3) is 22.6 Å². The molecule has 1 N–H and O–H groups in total. The first kappa shape index (κ1) is 20.6. The normalized spacial score (nSPS) is 15.5. The van der Waals surface area contributed by atoms with Gasteiger partial charge < -0.3 is 9.67 Å². The summed E-state index contributed by atoms with van der Waals surface area (Å²) in [5.41, 5.74) is 5.03. The molecule has 0 amide bonds. The highest BCUT2D eigenvalue weighted by Gasteiger charge is 2.34. The monoisotopic (exact) mass is 456 g/mol. The molecule has 3 aromatic rings. The van der Waals surface area contributed by atoms with Gasteiger partial charge in [-0.1, -0.05) is 28.9 Å². The molecule has 1 atom stereocenters. The van der Waals surface area contributed by atoms with Crippen molar-refractivity contribution in [3.05, 3.63) is 107 Å². The van der Waals surface area contributed by atoms with E-state index in [0.29, 0.717) is 28.8 Å². The summed E-state index contributed by atoms with van der Waals surface area (Å²) in [6, 6.07) is 16.1. The number of aliphatic hydroxyl groups excluding tert-OH is 1. The van der Waals surface area contributed by atoms with Crippen molar-refractivity contribution in [2.75, 3.05) is 0 Å². The number of rotatable bonds is 4. The van der Waals surface area contributed by atoms with Crippen molar-refractivity contribution in [3.8, 4) is 22.6 Å². The van der Waals surface area contributed by atoms with Gasteiger partial charge in [-0.05, 0) is 55.2 Å². The predicted octanol–water partition coefficient (Wildman–Crippen LogP) is 4.04. The Morgan fingerprint density at radius 1 is 1.09 bits per heavy atom. The number of hydrogen-bond donors (Lipinski definition) is 1. The first-order valence-corrected chi connectivity index (χ1v) is 11.3. The van der Waals surface area contributed by atoms with Crippen LogP contribution >= 0.6 is 0 Å². The second kappa shape index (κ2) is 8.07. The molecule has 0 saturated heterocycles. The van der Waals surface area contributed by atoms with Gasteiger partial charge >= 0.3 is 5.69 Å². The number of pyridine rings is 1. The first-order valence-electron chi connectivity index (χ1n) is 11.3. The van der Waals surface area contributed by atoms with Crippen LogP contribution in [0.2, 0.25) is 0 Å². The molecule has 1 unspecified atom stereocenters. The summed E-state index contributed by atoms with van der Waals surface area (Å²) in [6.45, 7) is 0.551. The summed E-state index contributed by atoms with van der Waals surface area (Å²) in [6.07, 6.45) is 8.72. The summed E-state index contributed by atoms with van der Waals surface area (Å²) in [5.74, 6) is -0.480. The number of nitrogens with zero attached hydrogens (tertiary/aromatic N) is 5. The number of aromatic nitrogens is 5. The van der Waals surface area contributed by atoms with E-state index in [-0.39, 0.29) is 5.69 Å². The van der Waals surface area contributed by atoms with E-state index in [1.54, 1.807) is 35.3 Å². The third kappa shape index (κ3) is 3.34. The van der Waals surface area contributed by atoms with E-state index in [0.717, 1.165) is 35.3 Å². The largest absolute Gasteiger partial charge is 0.388 e. The maximum Gasteiger partial charge on any atom is 0.318 e. The molecular formula is C26H23FN5O2+. The predicted molar refractivity (Wildman–Crippen MR) is 124 cm³/mol. The standard InChI is InChI=1S/C26H23FN5O2/c27-21-5-1-2-6-22(21)31-16-20-24(32(31)34)17-29(23-7-3-8-25(33)26(20)23)15-18-9-11-19(12-10-18)30-14-4-13-28-30/h1-2,4-6,9-14,16-17,25,33H,3,7-8,15H2/q+1. The Morgan fingerprint density at radius 3 is 2.68 bits per heavy atom. The van der Waals surface area contributed by atoms with Crippen LogP contribution in [0.1, 0.15) is 35.8 Å². The van der Waals surface area contributed by atoms with Crippen LogP contribution in [-0.2, 0) is 13.0 Å². The van der Waals surface area contributed by atoms with E-state index in [4.69, 9.17) is 0 Å². The van der Waals surface area contributed by atoms with Gasteiger partial charge in [-0.3, -0.25) is 0 Å². The molecule has 2 aromatic carbocycles. The van der Waals surface area contributed by atoms with Crippen LogP contribution in [0.15, 0.2) is 79.4 Å². The maximum atomic E-state index is 14.5. The van der Waals surface area contributed by atoms with Crippen molar-refractivity contribution in [2.24, 2.45) is 0 Å². The highest BCUT2D eigenvalue weighted by atomic mass is 19.1. The Hall–Kier alpha value is -4.04. The fourth-order valence-corrected chi connectivity index (χ4v) is 4.90. The van der Waals surface area contributed by atoms with Crippen LogP contribution < -0.4 is 4.54 Å². The molecule has 8 heteroatoms. The van der Waals surface area contributed by atoms with Crippen LogP contribution in [0.4, 0.5) is 4.39 Å². The Morgan fingerprint density at radius 2 is 1.91 bits per heavy atom. The highest BCUT2D eigenvalue weighted by molar-refractivity contribution is 5.64. The summed E-state index contributed by atoms with van der Waals surface area (Å²) in [4.78, 5) is 13.3. The van der Waals surface area contributed by atoms with E-state index >= 15 is 0 Å². The van der Waals surface area contributed by atoms with Crippen molar-refractivity contribution >= 4 is 0 Å². The fourth-order valence-electron chi connectivity index (χ4n) is 4.90. The van der Waals surface area contributed by atoms with E-state index in [1.807, 2.05) is 47.3 Å². The smallest absolute Gasteiger partial charge is 0.318 e. The summed E-state index contributed by atoms with van der Waals surface area (Å²) in [5, 5.41) is 15.2. The Labute approximate surface area is 194 Å². The third-order valence-corrected chi connectivity index (χ3v) is 6.54. The third-order valence-electron chi connectivity index (χ3n) is 6.54. The number of aliphatic hydroxyl groups is 1. The first-order chi connectivity index (χ1) is 16.6. The number of para-hydroxylation sites is 1. The van der Waals surface area contributed by atoms with Gasteiger partial charge in [0, 0.05) is 30.2 Å². The maximum absolute atomic E-state index is 14.5. The quantitative estimate of drug-likeness (QED) is 0.415. The van der Waals surface area contributed by atoms with E-state index < -0.39 is 11.9 Å².